The van der Waals surface area contributed by atoms with Gasteiger partial charge in [0.2, 0.25) is 0 Å². The third-order valence-electron chi connectivity index (χ3n) is 2.55. The van der Waals surface area contributed by atoms with Gasteiger partial charge in [-0.1, -0.05) is 0 Å². The Hall–Kier alpha value is -0.660. The largest absolute Gasteiger partial charge is 0.331 e. The van der Waals surface area contributed by atoms with Crippen molar-refractivity contribution in [3.63, 3.8) is 0 Å². The van der Waals surface area contributed by atoms with E-state index in [1.807, 2.05) is 5.38 Å². The predicted molar refractivity (Wildman–Crippen MR) is 78.0 cm³/mol. The van der Waals surface area contributed by atoms with Crippen LogP contribution in [0.5, 0.6) is 0 Å². The van der Waals surface area contributed by atoms with Crippen LogP contribution in [0.3, 0.4) is 0 Å². The maximum atomic E-state index is 12.1. The summed E-state index contributed by atoms with van der Waals surface area (Å²) in [6.07, 6.45) is 0. The van der Waals surface area contributed by atoms with Gasteiger partial charge in [-0.15, -0.1) is 11.3 Å². The summed E-state index contributed by atoms with van der Waals surface area (Å²) in [5, 5.41) is 2.28. The Bertz CT molecular complexity index is 656. The van der Waals surface area contributed by atoms with Crippen LogP contribution in [-0.4, -0.2) is 20.1 Å². The number of rotatable bonds is 3. The van der Waals surface area contributed by atoms with Crippen LogP contribution in [0.2, 0.25) is 0 Å². The van der Waals surface area contributed by atoms with Gasteiger partial charge in [0.25, 0.3) is 5.56 Å². The number of thiophene rings is 1. The molecule has 0 bridgehead atoms. The van der Waals surface area contributed by atoms with Gasteiger partial charge >= 0.3 is 5.69 Å². The van der Waals surface area contributed by atoms with Gasteiger partial charge in [0.1, 0.15) is 4.83 Å². The zero-order valence-electron chi connectivity index (χ0n) is 9.16. The van der Waals surface area contributed by atoms with Crippen molar-refractivity contribution in [2.45, 2.75) is 11.8 Å². The molecule has 2 heterocycles. The van der Waals surface area contributed by atoms with E-state index < -0.39 is 0 Å². The quantitative estimate of drug-likeness (QED) is 0.827. The van der Waals surface area contributed by atoms with E-state index in [1.54, 1.807) is 13.1 Å². The van der Waals surface area contributed by atoms with Crippen LogP contribution >= 0.6 is 36.6 Å². The molecule has 0 fully saturated rings. The minimum Gasteiger partial charge on any atom is -0.287 e. The average molecular weight is 288 g/mol. The average Bonchev–Trinajstić information content (AvgIpc) is 2.80. The van der Waals surface area contributed by atoms with Gasteiger partial charge in [-0.3, -0.25) is 13.9 Å². The molecule has 2 rings (SSSR count). The lowest BCUT2D eigenvalue weighted by Crippen LogP contribution is -2.40. The Kier molecular flexibility index (Phi) is 3.70. The minimum absolute atomic E-state index is 0.111. The summed E-state index contributed by atoms with van der Waals surface area (Å²) in [7, 11) is 1.67. The van der Waals surface area contributed by atoms with Crippen molar-refractivity contribution in [2.24, 2.45) is 7.05 Å². The fourth-order valence-electron chi connectivity index (χ4n) is 1.65. The van der Waals surface area contributed by atoms with E-state index in [4.69, 9.17) is 0 Å². The highest BCUT2D eigenvalue weighted by Crippen LogP contribution is 2.14. The number of aryl methyl sites for hydroxylation is 1. The van der Waals surface area contributed by atoms with Crippen LogP contribution in [0.4, 0.5) is 0 Å². The summed E-state index contributed by atoms with van der Waals surface area (Å²) in [5.41, 5.74) is -0.545. The van der Waals surface area contributed by atoms with Crippen LogP contribution in [0, 0.1) is 0 Å². The maximum absolute atomic E-state index is 12.1. The van der Waals surface area contributed by atoms with E-state index in [0.717, 1.165) is 0 Å². The molecule has 0 N–H and O–H groups in total. The molecular weight excluding hydrogens is 276 g/mol. The molecule has 0 radical (unpaired) electrons. The first-order chi connectivity index (χ1) is 8.06. The second-order valence-electron chi connectivity index (χ2n) is 3.73. The zero-order chi connectivity index (χ0) is 12.6. The highest BCUT2D eigenvalue weighted by Gasteiger charge is 2.13. The first kappa shape index (κ1) is 12.8. The Morgan fingerprint density at radius 2 is 2.18 bits per heavy atom. The third-order valence-corrected chi connectivity index (χ3v) is 4.61. The maximum Gasteiger partial charge on any atom is 0.331 e. The van der Waals surface area contributed by atoms with Gasteiger partial charge in [0.05, 0.1) is 5.39 Å². The molecule has 0 aliphatic rings. The number of fused-ring (bicyclic) bond motifs is 1. The smallest absolute Gasteiger partial charge is 0.287 e. The Morgan fingerprint density at radius 3 is 2.82 bits per heavy atom. The van der Waals surface area contributed by atoms with E-state index in [2.05, 4.69) is 25.3 Å². The van der Waals surface area contributed by atoms with Gasteiger partial charge in [-0.2, -0.15) is 25.3 Å². The second-order valence-corrected chi connectivity index (χ2v) is 5.72. The highest BCUT2D eigenvalue weighted by molar-refractivity contribution is 7.84. The Balaban J connectivity index is 2.71. The van der Waals surface area contributed by atoms with Crippen molar-refractivity contribution in [1.82, 2.24) is 9.13 Å². The van der Waals surface area contributed by atoms with Crippen molar-refractivity contribution >= 4 is 46.8 Å². The summed E-state index contributed by atoms with van der Waals surface area (Å²) in [5.74, 6) is 0.514. The van der Waals surface area contributed by atoms with Gasteiger partial charge in [0.15, 0.2) is 0 Å². The van der Waals surface area contributed by atoms with Crippen molar-refractivity contribution in [3.8, 4) is 0 Å². The lowest BCUT2D eigenvalue weighted by atomic mass is 10.4. The van der Waals surface area contributed by atoms with E-state index in [9.17, 15) is 9.59 Å². The minimum atomic E-state index is -0.300. The molecule has 0 aromatic carbocycles. The second kappa shape index (κ2) is 4.91. The SMILES string of the molecule is Cn1c(=O)n(C[C@@H](S)CS)c(=O)c2ccsc21. The predicted octanol–water partition coefficient (Wildman–Crippen LogP) is 0.990. The lowest BCUT2D eigenvalue weighted by molar-refractivity contribution is 0.609. The van der Waals surface area contributed by atoms with Crippen LogP contribution in [0.15, 0.2) is 21.0 Å². The summed E-state index contributed by atoms with van der Waals surface area (Å²) in [6.45, 7) is 0.282. The molecule has 2 aromatic rings. The fourth-order valence-corrected chi connectivity index (χ4v) is 2.78. The molecule has 4 nitrogen and oxygen atoms in total. The van der Waals surface area contributed by atoms with Gasteiger partial charge in [0, 0.05) is 24.6 Å². The summed E-state index contributed by atoms with van der Waals surface area (Å²) in [4.78, 5) is 24.8. The van der Waals surface area contributed by atoms with E-state index >= 15 is 0 Å². The third kappa shape index (κ3) is 2.19. The molecule has 0 aliphatic heterocycles. The van der Waals surface area contributed by atoms with Crippen molar-refractivity contribution < 1.29 is 0 Å². The van der Waals surface area contributed by atoms with E-state index in [0.29, 0.717) is 16.0 Å². The Labute approximate surface area is 113 Å². The standard InChI is InChI=1S/C10H12N2O2S3/c1-11-9-7(2-3-17-9)8(13)12(10(11)14)4-6(16)5-15/h2-3,6,15-16H,4-5H2,1H3/t6-/m1/s1. The van der Waals surface area contributed by atoms with E-state index in [1.165, 1.54) is 20.5 Å². The topological polar surface area (TPSA) is 44.0 Å². The van der Waals surface area contributed by atoms with Crippen LogP contribution in [0.25, 0.3) is 10.2 Å². The molecule has 0 saturated carbocycles. The van der Waals surface area contributed by atoms with Gasteiger partial charge in [-0.25, -0.2) is 4.79 Å². The molecule has 17 heavy (non-hydrogen) atoms. The molecular formula is C10H12N2O2S3. The number of hydrogen-bond acceptors (Lipinski definition) is 5. The van der Waals surface area contributed by atoms with Crippen LogP contribution in [0.1, 0.15) is 0 Å². The first-order valence-corrected chi connectivity index (χ1v) is 7.05. The van der Waals surface area contributed by atoms with Gasteiger partial charge in [-0.05, 0) is 11.4 Å². The Morgan fingerprint density at radius 1 is 1.47 bits per heavy atom. The highest BCUT2D eigenvalue weighted by atomic mass is 32.1. The molecule has 0 spiro atoms. The lowest BCUT2D eigenvalue weighted by Gasteiger charge is -2.11. The number of aromatic nitrogens is 2. The fraction of sp³-hybridized carbons (Fsp3) is 0.400. The molecule has 0 aliphatic carbocycles. The van der Waals surface area contributed by atoms with Crippen LogP contribution < -0.4 is 11.2 Å². The zero-order valence-corrected chi connectivity index (χ0v) is 11.8. The summed E-state index contributed by atoms with van der Waals surface area (Å²) < 4.78 is 2.73. The summed E-state index contributed by atoms with van der Waals surface area (Å²) >= 11 is 9.76. The normalized spacial score (nSPS) is 13.1. The molecule has 0 amide bonds. The molecule has 7 heteroatoms. The van der Waals surface area contributed by atoms with Crippen molar-refractivity contribution in [2.75, 3.05) is 5.75 Å². The molecule has 2 aromatic heterocycles. The number of thiol groups is 2. The number of hydrogen-bond donors (Lipinski definition) is 2. The molecule has 0 saturated heterocycles. The first-order valence-electron chi connectivity index (χ1n) is 5.02. The van der Waals surface area contributed by atoms with Crippen molar-refractivity contribution in [3.05, 3.63) is 32.3 Å². The van der Waals surface area contributed by atoms with Crippen molar-refractivity contribution in [1.29, 1.82) is 0 Å². The molecule has 92 valence electrons. The van der Waals surface area contributed by atoms with E-state index in [-0.39, 0.29) is 23.0 Å². The van der Waals surface area contributed by atoms with Crippen LogP contribution in [-0.2, 0) is 13.6 Å². The molecule has 0 unspecified atom stereocenters. The number of nitrogens with zero attached hydrogens (tertiary/aromatic N) is 2. The summed E-state index contributed by atoms with van der Waals surface area (Å²) in [6, 6.07) is 1.74. The monoisotopic (exact) mass is 288 g/mol. The van der Waals surface area contributed by atoms with Gasteiger partial charge < -0.3 is 0 Å². The molecule has 1 atom stereocenters.